The number of aromatic nitrogens is 3. The van der Waals surface area contributed by atoms with Gasteiger partial charge in [-0.1, -0.05) is 18.2 Å². The molecule has 4 aromatic rings. The SMILES string of the molecule is C[C@H](NC(=O)[C@@H]1Cc2cc([NH+]([O-])O)ccc2N2CC3CC(Cn4c3cccc4=O)[C@@H]12)c1nc2ccccc2[nH]1. The molecular formula is C29H30N6O4. The first-order chi connectivity index (χ1) is 18.9. The molecule has 3 unspecified atom stereocenters. The third-order valence-corrected chi connectivity index (χ3v) is 8.77. The second-order valence-corrected chi connectivity index (χ2v) is 11.1. The van der Waals surface area contributed by atoms with Gasteiger partial charge < -0.3 is 25.0 Å². The van der Waals surface area contributed by atoms with Crippen LogP contribution in [0.1, 0.15) is 42.4 Å². The minimum absolute atomic E-state index is 0.00234. The third-order valence-electron chi connectivity index (χ3n) is 8.77. The standard InChI is InChI=1S/C29H30N6O4/c1-16(28-31-22-5-2-3-6-23(22)32-28)30-29(37)21-13-17-12-20(35(38)39)9-10-25(17)34-14-18-11-19(27(21)34)15-33-24(18)7-4-8-26(33)36/h2-10,12,16,18-19,21,27,35,38H,11,13-15H2,1H3,(H,30,37)(H,31,32)/t16-,18?,19?,21+,27-/m0/s1. The fourth-order valence-corrected chi connectivity index (χ4v) is 7.05. The number of amides is 1. The monoisotopic (exact) mass is 526 g/mol. The summed E-state index contributed by atoms with van der Waals surface area (Å²) in [6.45, 7) is 3.16. The lowest BCUT2D eigenvalue weighted by molar-refractivity contribution is -0.991. The summed E-state index contributed by atoms with van der Waals surface area (Å²) in [7, 11) is 0. The van der Waals surface area contributed by atoms with Crippen molar-refractivity contribution in [3.63, 3.8) is 0 Å². The van der Waals surface area contributed by atoms with Crippen molar-refractivity contribution in [2.24, 2.45) is 11.8 Å². The largest absolute Gasteiger partial charge is 0.595 e. The molecule has 10 heteroatoms. The van der Waals surface area contributed by atoms with Crippen LogP contribution >= 0.6 is 0 Å². The number of hydrogen-bond donors (Lipinski definition) is 4. The van der Waals surface area contributed by atoms with Crippen molar-refractivity contribution in [2.45, 2.75) is 44.3 Å². The van der Waals surface area contributed by atoms with E-state index in [9.17, 15) is 20.0 Å². The van der Waals surface area contributed by atoms with Gasteiger partial charge in [0.25, 0.3) is 5.56 Å². The van der Waals surface area contributed by atoms with Crippen molar-refractivity contribution in [2.75, 3.05) is 11.4 Å². The number of anilines is 1. The van der Waals surface area contributed by atoms with Crippen LogP contribution in [0.5, 0.6) is 0 Å². The second-order valence-electron chi connectivity index (χ2n) is 11.1. The molecule has 10 nitrogen and oxygen atoms in total. The summed E-state index contributed by atoms with van der Waals surface area (Å²) in [5.41, 5.74) is 4.86. The highest BCUT2D eigenvalue weighted by Gasteiger charge is 2.49. The zero-order valence-corrected chi connectivity index (χ0v) is 21.5. The van der Waals surface area contributed by atoms with Gasteiger partial charge in [-0.25, -0.2) is 10.2 Å². The molecule has 39 heavy (non-hydrogen) atoms. The molecule has 0 aliphatic carbocycles. The van der Waals surface area contributed by atoms with Crippen molar-refractivity contribution < 1.29 is 15.2 Å². The van der Waals surface area contributed by atoms with E-state index in [0.717, 1.165) is 34.4 Å². The van der Waals surface area contributed by atoms with Gasteiger partial charge in [0, 0.05) is 54.6 Å². The maximum atomic E-state index is 14.0. The number of aromatic amines is 1. The normalized spacial score (nSPS) is 24.8. The van der Waals surface area contributed by atoms with Gasteiger partial charge in [-0.3, -0.25) is 9.59 Å². The van der Waals surface area contributed by atoms with Crippen molar-refractivity contribution in [3.8, 4) is 0 Å². The number of pyridine rings is 1. The van der Waals surface area contributed by atoms with Gasteiger partial charge in [0.15, 0.2) is 5.69 Å². The van der Waals surface area contributed by atoms with Crippen LogP contribution in [0.3, 0.4) is 0 Å². The van der Waals surface area contributed by atoms with Crippen LogP contribution in [0.15, 0.2) is 65.5 Å². The summed E-state index contributed by atoms with van der Waals surface area (Å²) in [5, 5.41) is 23.6. The Kier molecular flexibility index (Phi) is 5.58. The van der Waals surface area contributed by atoms with E-state index in [0.29, 0.717) is 25.3 Å². The van der Waals surface area contributed by atoms with Crippen molar-refractivity contribution in [3.05, 3.63) is 93.3 Å². The van der Waals surface area contributed by atoms with Crippen LogP contribution in [0.4, 0.5) is 11.4 Å². The van der Waals surface area contributed by atoms with Crippen molar-refractivity contribution in [1.82, 2.24) is 19.9 Å². The van der Waals surface area contributed by atoms with Crippen molar-refractivity contribution >= 4 is 28.3 Å². The van der Waals surface area contributed by atoms with E-state index < -0.39 is 11.1 Å². The Labute approximate surface area is 224 Å². The maximum absolute atomic E-state index is 14.0. The van der Waals surface area contributed by atoms with Crippen molar-refractivity contribution in [1.29, 1.82) is 0 Å². The molecule has 7 rings (SSSR count). The topological polar surface area (TPSA) is 131 Å². The Balaban J connectivity index is 1.25. The lowest BCUT2D eigenvalue weighted by Crippen LogP contribution is -2.99. The van der Waals surface area contributed by atoms with Gasteiger partial charge >= 0.3 is 0 Å². The molecular weight excluding hydrogens is 496 g/mol. The molecule has 3 aliphatic rings. The molecule has 3 aliphatic heterocycles. The number of nitrogens with one attached hydrogen (secondary N) is 3. The Hall–Kier alpha value is -3.99. The van der Waals surface area contributed by atoms with Gasteiger partial charge in [-0.15, -0.1) is 0 Å². The summed E-state index contributed by atoms with van der Waals surface area (Å²) in [4.78, 5) is 37.0. The van der Waals surface area contributed by atoms with E-state index in [1.54, 1.807) is 18.2 Å². The third kappa shape index (κ3) is 3.94. The predicted octanol–water partition coefficient (Wildman–Crippen LogP) is 2.17. The highest BCUT2D eigenvalue weighted by Crippen LogP contribution is 2.47. The van der Waals surface area contributed by atoms with E-state index in [2.05, 4.69) is 20.2 Å². The number of imidazole rings is 1. The quantitative estimate of drug-likeness (QED) is 0.302. The summed E-state index contributed by atoms with van der Waals surface area (Å²) in [5.74, 6) is 0.472. The number of quaternary nitrogens is 1. The molecule has 0 spiro atoms. The van der Waals surface area contributed by atoms with Crippen LogP contribution in [0.25, 0.3) is 11.0 Å². The molecule has 0 saturated carbocycles. The number of piperidine rings is 1. The number of rotatable bonds is 4. The number of H-pyrrole nitrogens is 1. The number of carbonyl (C=O) groups excluding carboxylic acids is 1. The van der Waals surface area contributed by atoms with Gasteiger partial charge in [0.1, 0.15) is 5.82 Å². The summed E-state index contributed by atoms with van der Waals surface area (Å²) >= 11 is 0. The van der Waals surface area contributed by atoms with E-state index >= 15 is 0 Å². The average molecular weight is 527 g/mol. The first-order valence-corrected chi connectivity index (χ1v) is 13.4. The molecule has 4 N–H and O–H groups in total. The Morgan fingerprint density at radius 2 is 2.03 bits per heavy atom. The number of carbonyl (C=O) groups is 1. The predicted molar refractivity (Wildman–Crippen MR) is 145 cm³/mol. The maximum Gasteiger partial charge on any atom is 0.250 e. The first-order valence-electron chi connectivity index (χ1n) is 13.4. The van der Waals surface area contributed by atoms with Gasteiger partial charge in [0.2, 0.25) is 5.91 Å². The Morgan fingerprint density at radius 1 is 1.18 bits per heavy atom. The van der Waals surface area contributed by atoms with Crippen LogP contribution < -0.4 is 21.0 Å². The molecule has 200 valence electrons. The number of nitrogens with zero attached hydrogens (tertiary/aromatic N) is 3. The number of fused-ring (bicyclic) bond motifs is 9. The Morgan fingerprint density at radius 3 is 2.85 bits per heavy atom. The highest BCUT2D eigenvalue weighted by molar-refractivity contribution is 5.83. The number of benzene rings is 2. The molecule has 2 aromatic carbocycles. The number of hydrogen-bond acceptors (Lipinski definition) is 6. The first kappa shape index (κ1) is 24.1. The average Bonchev–Trinajstić information content (AvgIpc) is 3.37. The van der Waals surface area contributed by atoms with E-state index in [1.807, 2.05) is 54.0 Å². The number of para-hydroxylation sites is 2. The van der Waals surface area contributed by atoms with E-state index in [-0.39, 0.29) is 41.1 Å². The van der Waals surface area contributed by atoms with Crippen LogP contribution in [0, 0.1) is 17.0 Å². The van der Waals surface area contributed by atoms with E-state index in [1.165, 1.54) is 0 Å². The highest BCUT2D eigenvalue weighted by atomic mass is 16.8. The fourth-order valence-electron chi connectivity index (χ4n) is 7.05. The zero-order valence-electron chi connectivity index (χ0n) is 21.5. The second kappa shape index (κ2) is 9.04. The molecule has 6 atom stereocenters. The van der Waals surface area contributed by atoms with Gasteiger partial charge in [-0.2, -0.15) is 5.23 Å². The summed E-state index contributed by atoms with van der Waals surface area (Å²) in [6, 6.07) is 18.0. The summed E-state index contributed by atoms with van der Waals surface area (Å²) in [6.07, 6.45) is 1.35. The van der Waals surface area contributed by atoms with Crippen LogP contribution in [0.2, 0.25) is 0 Å². The molecule has 2 aromatic heterocycles. The lowest BCUT2D eigenvalue weighted by atomic mass is 9.70. The minimum Gasteiger partial charge on any atom is -0.595 e. The minimum atomic E-state index is -0.983. The smallest absolute Gasteiger partial charge is 0.250 e. The van der Waals surface area contributed by atoms with E-state index in [4.69, 9.17) is 0 Å². The molecule has 1 amide bonds. The van der Waals surface area contributed by atoms with Gasteiger partial charge in [0.05, 0.1) is 23.0 Å². The summed E-state index contributed by atoms with van der Waals surface area (Å²) < 4.78 is 1.88. The molecule has 0 radical (unpaired) electrons. The van der Waals surface area contributed by atoms with Crippen LogP contribution in [-0.4, -0.2) is 38.2 Å². The lowest BCUT2D eigenvalue weighted by Gasteiger charge is -2.54. The fraction of sp³-hybridized carbons (Fsp3) is 0.345. The Bertz CT molecular complexity index is 1610. The molecule has 2 bridgehead atoms. The molecule has 5 heterocycles. The zero-order chi connectivity index (χ0) is 26.8. The van der Waals surface area contributed by atoms with Gasteiger partial charge in [-0.05, 0) is 55.5 Å². The molecule has 1 saturated heterocycles. The van der Waals surface area contributed by atoms with Crippen LogP contribution in [-0.2, 0) is 17.8 Å². The molecule has 1 fully saturated rings.